The van der Waals surface area contributed by atoms with Gasteiger partial charge in [-0.3, -0.25) is 0 Å². The molecule has 0 spiro atoms. The van der Waals surface area contributed by atoms with Crippen LogP contribution in [0.1, 0.15) is 32.1 Å². The SMILES string of the molecule is CC(C)CC(C)OCCNCc1ccc(Cl)s1. The van der Waals surface area contributed by atoms with Crippen LogP contribution >= 0.6 is 22.9 Å². The van der Waals surface area contributed by atoms with Gasteiger partial charge in [0.15, 0.2) is 0 Å². The summed E-state index contributed by atoms with van der Waals surface area (Å²) in [5.41, 5.74) is 0. The number of thiophene rings is 1. The summed E-state index contributed by atoms with van der Waals surface area (Å²) in [6.07, 6.45) is 1.48. The molecule has 0 saturated carbocycles. The molecule has 0 aromatic carbocycles. The Balaban J connectivity index is 2.01. The summed E-state index contributed by atoms with van der Waals surface area (Å²) in [6.45, 7) is 9.11. The van der Waals surface area contributed by atoms with E-state index in [0.717, 1.165) is 30.5 Å². The summed E-state index contributed by atoms with van der Waals surface area (Å²) in [6, 6.07) is 3.99. The van der Waals surface area contributed by atoms with Crippen LogP contribution in [0, 0.1) is 5.92 Å². The van der Waals surface area contributed by atoms with Gasteiger partial charge in [-0.15, -0.1) is 11.3 Å². The molecule has 0 aliphatic heterocycles. The van der Waals surface area contributed by atoms with Crippen molar-refractivity contribution in [1.29, 1.82) is 0 Å². The zero-order valence-corrected chi connectivity index (χ0v) is 12.4. The topological polar surface area (TPSA) is 21.3 Å². The Labute approximate surface area is 113 Å². The van der Waals surface area contributed by atoms with E-state index in [1.807, 2.05) is 6.07 Å². The molecule has 1 N–H and O–H groups in total. The standard InChI is InChI=1S/C13H22ClNOS/c1-10(2)8-11(3)16-7-6-15-9-12-4-5-13(14)17-12/h4-5,10-11,15H,6-9H2,1-3H3. The van der Waals surface area contributed by atoms with E-state index < -0.39 is 0 Å². The summed E-state index contributed by atoms with van der Waals surface area (Å²) in [5, 5.41) is 3.35. The third-order valence-electron chi connectivity index (χ3n) is 2.41. The van der Waals surface area contributed by atoms with Gasteiger partial charge in [0.25, 0.3) is 0 Å². The Bertz CT molecular complexity index is 314. The smallest absolute Gasteiger partial charge is 0.0931 e. The van der Waals surface area contributed by atoms with E-state index in [4.69, 9.17) is 16.3 Å². The van der Waals surface area contributed by atoms with Crippen LogP contribution in [-0.4, -0.2) is 19.3 Å². The van der Waals surface area contributed by atoms with Crippen molar-refractivity contribution in [2.45, 2.75) is 39.8 Å². The van der Waals surface area contributed by atoms with Crippen molar-refractivity contribution in [3.63, 3.8) is 0 Å². The minimum Gasteiger partial charge on any atom is -0.377 e. The predicted molar refractivity (Wildman–Crippen MR) is 75.9 cm³/mol. The summed E-state index contributed by atoms with van der Waals surface area (Å²) >= 11 is 7.48. The molecule has 0 bridgehead atoms. The molecule has 1 aromatic heterocycles. The molecule has 1 heterocycles. The Hall–Kier alpha value is -0.0900. The van der Waals surface area contributed by atoms with E-state index in [0.29, 0.717) is 12.0 Å². The van der Waals surface area contributed by atoms with Gasteiger partial charge in [0.1, 0.15) is 0 Å². The Kier molecular flexibility index (Phi) is 7.12. The fraction of sp³-hybridized carbons (Fsp3) is 0.692. The van der Waals surface area contributed by atoms with Crippen LogP contribution in [0.15, 0.2) is 12.1 Å². The number of rotatable bonds is 8. The van der Waals surface area contributed by atoms with E-state index in [9.17, 15) is 0 Å². The lowest BCUT2D eigenvalue weighted by Gasteiger charge is -2.15. The highest BCUT2D eigenvalue weighted by Crippen LogP contribution is 2.20. The first-order chi connectivity index (χ1) is 8.08. The first-order valence-electron chi connectivity index (χ1n) is 6.14. The van der Waals surface area contributed by atoms with Crippen LogP contribution in [0.5, 0.6) is 0 Å². The molecule has 4 heteroatoms. The van der Waals surface area contributed by atoms with Gasteiger partial charge in [0.05, 0.1) is 17.0 Å². The lowest BCUT2D eigenvalue weighted by molar-refractivity contribution is 0.0538. The normalized spacial score (nSPS) is 13.2. The average molecular weight is 276 g/mol. The molecule has 1 unspecified atom stereocenters. The van der Waals surface area contributed by atoms with Gasteiger partial charge in [-0.1, -0.05) is 25.4 Å². The van der Waals surface area contributed by atoms with E-state index in [1.54, 1.807) is 11.3 Å². The van der Waals surface area contributed by atoms with Crippen molar-refractivity contribution in [1.82, 2.24) is 5.32 Å². The number of hydrogen-bond acceptors (Lipinski definition) is 3. The lowest BCUT2D eigenvalue weighted by Crippen LogP contribution is -2.22. The van der Waals surface area contributed by atoms with E-state index in [-0.39, 0.29) is 0 Å². The van der Waals surface area contributed by atoms with Crippen LogP contribution in [0.25, 0.3) is 0 Å². The molecule has 0 fully saturated rings. The second-order valence-corrected chi connectivity index (χ2v) is 6.49. The Morgan fingerprint density at radius 1 is 1.35 bits per heavy atom. The maximum absolute atomic E-state index is 5.86. The monoisotopic (exact) mass is 275 g/mol. The van der Waals surface area contributed by atoms with Gasteiger partial charge in [0, 0.05) is 18.0 Å². The van der Waals surface area contributed by atoms with Gasteiger partial charge in [-0.25, -0.2) is 0 Å². The maximum atomic E-state index is 5.86. The van der Waals surface area contributed by atoms with Crippen molar-refractivity contribution < 1.29 is 4.74 Å². The molecule has 0 saturated heterocycles. The fourth-order valence-corrected chi connectivity index (χ4v) is 2.78. The first kappa shape index (κ1) is 15.0. The predicted octanol–water partition coefficient (Wildman–Crippen LogP) is 3.94. The lowest BCUT2D eigenvalue weighted by atomic mass is 10.1. The first-order valence-corrected chi connectivity index (χ1v) is 7.34. The highest BCUT2D eigenvalue weighted by molar-refractivity contribution is 7.16. The second-order valence-electron chi connectivity index (χ2n) is 4.69. The zero-order valence-electron chi connectivity index (χ0n) is 10.8. The molecule has 1 atom stereocenters. The van der Waals surface area contributed by atoms with Crippen LogP contribution in [0.4, 0.5) is 0 Å². The van der Waals surface area contributed by atoms with E-state index in [1.165, 1.54) is 4.88 Å². The minimum atomic E-state index is 0.355. The summed E-state index contributed by atoms with van der Waals surface area (Å²) in [7, 11) is 0. The van der Waals surface area contributed by atoms with Crippen LogP contribution in [-0.2, 0) is 11.3 Å². The Morgan fingerprint density at radius 3 is 2.71 bits per heavy atom. The highest BCUT2D eigenvalue weighted by Gasteiger charge is 2.04. The molecule has 1 aromatic rings. The van der Waals surface area contributed by atoms with Gasteiger partial charge < -0.3 is 10.1 Å². The largest absolute Gasteiger partial charge is 0.377 e. The summed E-state index contributed by atoms with van der Waals surface area (Å²) < 4.78 is 6.56. The summed E-state index contributed by atoms with van der Waals surface area (Å²) in [5.74, 6) is 0.700. The van der Waals surface area contributed by atoms with Crippen molar-refractivity contribution in [3.05, 3.63) is 21.3 Å². The van der Waals surface area contributed by atoms with Crippen molar-refractivity contribution in [2.75, 3.05) is 13.2 Å². The van der Waals surface area contributed by atoms with Crippen LogP contribution in [0.2, 0.25) is 4.34 Å². The zero-order chi connectivity index (χ0) is 12.7. The van der Waals surface area contributed by atoms with Gasteiger partial charge in [-0.2, -0.15) is 0 Å². The molecular formula is C13H22ClNOS. The average Bonchev–Trinajstić information content (AvgIpc) is 2.62. The van der Waals surface area contributed by atoms with Gasteiger partial charge in [0.2, 0.25) is 0 Å². The minimum absolute atomic E-state index is 0.355. The van der Waals surface area contributed by atoms with Gasteiger partial charge >= 0.3 is 0 Å². The Morgan fingerprint density at radius 2 is 2.12 bits per heavy atom. The van der Waals surface area contributed by atoms with Crippen LogP contribution in [0.3, 0.4) is 0 Å². The number of nitrogens with one attached hydrogen (secondary N) is 1. The molecule has 0 aliphatic carbocycles. The molecule has 0 aliphatic rings. The van der Waals surface area contributed by atoms with E-state index in [2.05, 4.69) is 32.2 Å². The third kappa shape index (κ3) is 7.04. The summed E-state index contributed by atoms with van der Waals surface area (Å²) in [4.78, 5) is 1.27. The molecule has 98 valence electrons. The second kappa shape index (κ2) is 8.09. The van der Waals surface area contributed by atoms with E-state index >= 15 is 0 Å². The quantitative estimate of drug-likeness (QED) is 0.726. The number of hydrogen-bond donors (Lipinski definition) is 1. The van der Waals surface area contributed by atoms with Crippen molar-refractivity contribution >= 4 is 22.9 Å². The molecule has 1 rings (SSSR count). The number of halogens is 1. The molecular weight excluding hydrogens is 254 g/mol. The maximum Gasteiger partial charge on any atom is 0.0931 e. The molecule has 0 amide bonds. The van der Waals surface area contributed by atoms with Gasteiger partial charge in [-0.05, 0) is 31.4 Å². The molecule has 0 radical (unpaired) electrons. The number of ether oxygens (including phenoxy) is 1. The molecule has 17 heavy (non-hydrogen) atoms. The molecule has 2 nitrogen and oxygen atoms in total. The van der Waals surface area contributed by atoms with Crippen molar-refractivity contribution in [2.24, 2.45) is 5.92 Å². The third-order valence-corrected chi connectivity index (χ3v) is 3.64. The van der Waals surface area contributed by atoms with Crippen LogP contribution < -0.4 is 5.32 Å². The fourth-order valence-electron chi connectivity index (χ4n) is 1.72. The highest BCUT2D eigenvalue weighted by atomic mass is 35.5. The van der Waals surface area contributed by atoms with Crippen molar-refractivity contribution in [3.8, 4) is 0 Å².